The smallest absolute Gasteiger partial charge is 0.229 e. The molecule has 0 radical (unpaired) electrons. The number of rotatable bonds is 5. The molecular formula is C19H24N4O2. The molecule has 3 rings (SSSR count). The SMILES string of the molecule is CCOc1ccccc1NC(=O)[C@@H]1CCCN(c2nccc(C)n2)C1. The van der Waals surface area contributed by atoms with Crippen LogP contribution in [0.5, 0.6) is 5.75 Å². The number of para-hydroxylation sites is 2. The van der Waals surface area contributed by atoms with Crippen LogP contribution >= 0.6 is 0 Å². The molecule has 1 saturated heterocycles. The van der Waals surface area contributed by atoms with Crippen LogP contribution in [0.25, 0.3) is 0 Å². The first kappa shape index (κ1) is 17.2. The molecule has 0 spiro atoms. The molecule has 25 heavy (non-hydrogen) atoms. The zero-order valence-electron chi connectivity index (χ0n) is 14.7. The first-order chi connectivity index (χ1) is 12.2. The fraction of sp³-hybridized carbons (Fsp3) is 0.421. The van der Waals surface area contributed by atoms with Gasteiger partial charge >= 0.3 is 0 Å². The third kappa shape index (κ3) is 4.26. The third-order valence-electron chi connectivity index (χ3n) is 4.30. The lowest BCUT2D eigenvalue weighted by atomic mass is 9.97. The average Bonchev–Trinajstić information content (AvgIpc) is 2.64. The van der Waals surface area contributed by atoms with E-state index in [9.17, 15) is 4.79 Å². The van der Waals surface area contributed by atoms with Gasteiger partial charge in [0.1, 0.15) is 5.75 Å². The van der Waals surface area contributed by atoms with Crippen LogP contribution in [0, 0.1) is 12.8 Å². The van der Waals surface area contributed by atoms with Crippen LogP contribution in [-0.2, 0) is 4.79 Å². The Bertz CT molecular complexity index is 735. The Balaban J connectivity index is 1.68. The highest BCUT2D eigenvalue weighted by molar-refractivity contribution is 5.94. The highest BCUT2D eigenvalue weighted by atomic mass is 16.5. The maximum atomic E-state index is 12.7. The first-order valence-corrected chi connectivity index (χ1v) is 8.74. The molecule has 0 unspecified atom stereocenters. The van der Waals surface area contributed by atoms with Crippen LogP contribution in [0.4, 0.5) is 11.6 Å². The Morgan fingerprint density at radius 3 is 3.00 bits per heavy atom. The van der Waals surface area contributed by atoms with E-state index >= 15 is 0 Å². The second kappa shape index (κ2) is 7.96. The van der Waals surface area contributed by atoms with Crippen molar-refractivity contribution in [3.8, 4) is 5.75 Å². The van der Waals surface area contributed by atoms with Crippen molar-refractivity contribution in [3.63, 3.8) is 0 Å². The van der Waals surface area contributed by atoms with Gasteiger partial charge in [0.05, 0.1) is 18.2 Å². The van der Waals surface area contributed by atoms with Gasteiger partial charge in [0.15, 0.2) is 0 Å². The summed E-state index contributed by atoms with van der Waals surface area (Å²) in [5.74, 6) is 1.33. The van der Waals surface area contributed by atoms with Gasteiger partial charge in [-0.3, -0.25) is 4.79 Å². The minimum absolute atomic E-state index is 0.0181. The molecule has 1 amide bonds. The monoisotopic (exact) mass is 340 g/mol. The number of aromatic nitrogens is 2. The molecule has 0 saturated carbocycles. The molecule has 1 atom stereocenters. The highest BCUT2D eigenvalue weighted by Crippen LogP contribution is 2.26. The van der Waals surface area contributed by atoms with Crippen LogP contribution in [0.1, 0.15) is 25.5 Å². The predicted octanol–water partition coefficient (Wildman–Crippen LogP) is 3.04. The summed E-state index contributed by atoms with van der Waals surface area (Å²) >= 11 is 0. The summed E-state index contributed by atoms with van der Waals surface area (Å²) in [6, 6.07) is 9.41. The lowest BCUT2D eigenvalue weighted by Crippen LogP contribution is -2.41. The molecule has 1 aromatic heterocycles. The largest absolute Gasteiger partial charge is 0.492 e. The number of carbonyl (C=O) groups excluding carboxylic acids is 1. The van der Waals surface area contributed by atoms with Gasteiger partial charge in [-0.1, -0.05) is 12.1 Å². The van der Waals surface area contributed by atoms with Crippen molar-refractivity contribution in [3.05, 3.63) is 42.2 Å². The van der Waals surface area contributed by atoms with Crippen LogP contribution < -0.4 is 15.0 Å². The molecule has 2 heterocycles. The fourth-order valence-electron chi connectivity index (χ4n) is 3.05. The Kier molecular flexibility index (Phi) is 5.48. The molecule has 0 aliphatic carbocycles. The van der Waals surface area contributed by atoms with Crippen LogP contribution in [0.15, 0.2) is 36.5 Å². The number of hydrogen-bond acceptors (Lipinski definition) is 5. The maximum Gasteiger partial charge on any atom is 0.229 e. The Morgan fingerprint density at radius 2 is 2.20 bits per heavy atom. The summed E-state index contributed by atoms with van der Waals surface area (Å²) in [5, 5.41) is 3.02. The Labute approximate surface area is 148 Å². The van der Waals surface area contributed by atoms with Gasteiger partial charge in [0, 0.05) is 25.0 Å². The minimum atomic E-state index is -0.0902. The number of hydrogen-bond donors (Lipinski definition) is 1. The van der Waals surface area contributed by atoms with Crippen molar-refractivity contribution in [1.29, 1.82) is 0 Å². The molecule has 1 N–H and O–H groups in total. The molecule has 1 fully saturated rings. The number of piperidine rings is 1. The maximum absolute atomic E-state index is 12.7. The van der Waals surface area contributed by atoms with E-state index < -0.39 is 0 Å². The molecule has 6 heteroatoms. The number of carbonyl (C=O) groups is 1. The topological polar surface area (TPSA) is 67.3 Å². The number of aryl methyl sites for hydroxylation is 1. The summed E-state index contributed by atoms with van der Waals surface area (Å²) in [6.45, 7) is 5.95. The molecule has 2 aromatic rings. The summed E-state index contributed by atoms with van der Waals surface area (Å²) in [4.78, 5) is 23.6. The van der Waals surface area contributed by atoms with Crippen molar-refractivity contribution in [2.75, 3.05) is 29.9 Å². The zero-order chi connectivity index (χ0) is 17.6. The van der Waals surface area contributed by atoms with Crippen LogP contribution in [0.2, 0.25) is 0 Å². The average molecular weight is 340 g/mol. The quantitative estimate of drug-likeness (QED) is 0.906. The van der Waals surface area contributed by atoms with E-state index in [0.717, 1.165) is 30.8 Å². The van der Waals surface area contributed by atoms with Gasteiger partial charge in [-0.15, -0.1) is 0 Å². The lowest BCUT2D eigenvalue weighted by Gasteiger charge is -2.32. The van der Waals surface area contributed by atoms with Crippen molar-refractivity contribution in [1.82, 2.24) is 9.97 Å². The summed E-state index contributed by atoms with van der Waals surface area (Å²) in [5.41, 5.74) is 1.65. The number of nitrogens with zero attached hydrogens (tertiary/aromatic N) is 3. The number of amides is 1. The molecule has 132 valence electrons. The molecular weight excluding hydrogens is 316 g/mol. The van der Waals surface area contributed by atoms with Gasteiger partial charge in [-0.25, -0.2) is 9.97 Å². The second-order valence-electron chi connectivity index (χ2n) is 6.20. The van der Waals surface area contributed by atoms with E-state index in [0.29, 0.717) is 24.8 Å². The van der Waals surface area contributed by atoms with E-state index in [-0.39, 0.29) is 11.8 Å². The zero-order valence-corrected chi connectivity index (χ0v) is 14.7. The standard InChI is InChI=1S/C19H24N4O2/c1-3-25-17-9-5-4-8-16(17)22-18(24)15-7-6-12-23(13-15)19-20-11-10-14(2)21-19/h4-5,8-11,15H,3,6-7,12-13H2,1-2H3,(H,22,24)/t15-/m1/s1. The number of nitrogens with one attached hydrogen (secondary N) is 1. The van der Waals surface area contributed by atoms with Crippen LogP contribution in [-0.4, -0.2) is 35.6 Å². The van der Waals surface area contributed by atoms with Crippen molar-refractivity contribution in [2.45, 2.75) is 26.7 Å². The van der Waals surface area contributed by atoms with Crippen molar-refractivity contribution >= 4 is 17.5 Å². The number of ether oxygens (including phenoxy) is 1. The lowest BCUT2D eigenvalue weighted by molar-refractivity contribution is -0.120. The molecule has 1 aromatic carbocycles. The van der Waals surface area contributed by atoms with E-state index in [1.165, 1.54) is 0 Å². The second-order valence-corrected chi connectivity index (χ2v) is 6.20. The van der Waals surface area contributed by atoms with Gasteiger partial charge < -0.3 is 15.0 Å². The highest BCUT2D eigenvalue weighted by Gasteiger charge is 2.27. The van der Waals surface area contributed by atoms with Gasteiger partial charge in [0.25, 0.3) is 0 Å². The van der Waals surface area contributed by atoms with Crippen molar-refractivity contribution in [2.24, 2.45) is 5.92 Å². The molecule has 6 nitrogen and oxygen atoms in total. The summed E-state index contributed by atoms with van der Waals surface area (Å²) in [7, 11) is 0. The normalized spacial score (nSPS) is 17.2. The van der Waals surface area contributed by atoms with Gasteiger partial charge in [0.2, 0.25) is 11.9 Å². The van der Waals surface area contributed by atoms with E-state index in [4.69, 9.17) is 4.74 Å². The number of anilines is 2. The predicted molar refractivity (Wildman–Crippen MR) is 97.9 cm³/mol. The van der Waals surface area contributed by atoms with Crippen molar-refractivity contribution < 1.29 is 9.53 Å². The Hall–Kier alpha value is -2.63. The summed E-state index contributed by atoms with van der Waals surface area (Å²) < 4.78 is 5.58. The minimum Gasteiger partial charge on any atom is -0.492 e. The third-order valence-corrected chi connectivity index (χ3v) is 4.30. The van der Waals surface area contributed by atoms with Gasteiger partial charge in [-0.05, 0) is 44.9 Å². The molecule has 1 aliphatic heterocycles. The molecule has 1 aliphatic rings. The van der Waals surface area contributed by atoms with Gasteiger partial charge in [-0.2, -0.15) is 0 Å². The van der Waals surface area contributed by atoms with E-state index in [1.54, 1.807) is 6.20 Å². The van der Waals surface area contributed by atoms with E-state index in [2.05, 4.69) is 20.2 Å². The van der Waals surface area contributed by atoms with Crippen LogP contribution in [0.3, 0.4) is 0 Å². The molecule has 0 bridgehead atoms. The Morgan fingerprint density at radius 1 is 1.36 bits per heavy atom. The first-order valence-electron chi connectivity index (χ1n) is 8.74. The van der Waals surface area contributed by atoms with E-state index in [1.807, 2.05) is 44.2 Å². The summed E-state index contributed by atoms with van der Waals surface area (Å²) in [6.07, 6.45) is 3.58. The number of benzene rings is 1. The fourth-order valence-corrected chi connectivity index (χ4v) is 3.05.